The molecule has 2 fully saturated rings. The van der Waals surface area contributed by atoms with Crippen LogP contribution >= 0.6 is 0 Å². The summed E-state index contributed by atoms with van der Waals surface area (Å²) in [6.45, 7) is 6.53. The van der Waals surface area contributed by atoms with Crippen LogP contribution in [0.3, 0.4) is 0 Å². The fraction of sp³-hybridized carbons (Fsp3) is 0.688. The minimum absolute atomic E-state index is 0.222. The highest BCUT2D eigenvalue weighted by atomic mass is 16.2. The Bertz CT molecular complexity index is 502. The molecule has 2 atom stereocenters. The molecule has 1 aromatic rings. The van der Waals surface area contributed by atoms with Gasteiger partial charge in [0.2, 0.25) is 5.91 Å². The molecule has 1 aromatic heterocycles. The summed E-state index contributed by atoms with van der Waals surface area (Å²) in [4.78, 5) is 25.2. The Morgan fingerprint density at radius 3 is 2.67 bits per heavy atom. The molecule has 0 radical (unpaired) electrons. The molecule has 0 spiro atoms. The molecular formula is C16H24N4O. The van der Waals surface area contributed by atoms with E-state index in [0.29, 0.717) is 12.1 Å². The minimum Gasteiger partial charge on any atom is -0.338 e. The fourth-order valence-electron chi connectivity index (χ4n) is 3.78. The van der Waals surface area contributed by atoms with Crippen LogP contribution in [0.4, 0.5) is 0 Å². The second kappa shape index (κ2) is 6.10. The number of carbonyl (C=O) groups excluding carboxylic acids is 1. The quantitative estimate of drug-likeness (QED) is 0.850. The molecule has 0 saturated carbocycles. The summed E-state index contributed by atoms with van der Waals surface area (Å²) in [7, 11) is 0. The number of amides is 1. The van der Waals surface area contributed by atoms with Crippen LogP contribution in [0.1, 0.15) is 44.0 Å². The maximum atomic E-state index is 11.8. The van der Waals surface area contributed by atoms with Crippen molar-refractivity contribution in [3.63, 3.8) is 0 Å². The molecule has 3 rings (SSSR count). The standard InChI is InChI=1S/C16H24N4O/c1-12-9-18-14(10-17-12)11-19-7-3-5-15(19)16-6-4-8-20(16)13(2)21/h9-10,15-16H,3-8,11H2,1-2H3/t15-,16+/m1/s1. The van der Waals surface area contributed by atoms with Gasteiger partial charge in [0.15, 0.2) is 0 Å². The van der Waals surface area contributed by atoms with E-state index in [1.54, 1.807) is 6.92 Å². The first-order valence-electron chi connectivity index (χ1n) is 7.94. The van der Waals surface area contributed by atoms with Gasteiger partial charge < -0.3 is 4.90 Å². The normalized spacial score (nSPS) is 26.5. The molecule has 5 nitrogen and oxygen atoms in total. The Hall–Kier alpha value is -1.49. The van der Waals surface area contributed by atoms with E-state index in [9.17, 15) is 4.79 Å². The maximum Gasteiger partial charge on any atom is 0.219 e. The van der Waals surface area contributed by atoms with Crippen LogP contribution in [0, 0.1) is 6.92 Å². The van der Waals surface area contributed by atoms with Gasteiger partial charge in [0.1, 0.15) is 0 Å². The van der Waals surface area contributed by atoms with E-state index >= 15 is 0 Å². The first kappa shape index (κ1) is 14.4. The molecule has 21 heavy (non-hydrogen) atoms. The summed E-state index contributed by atoms with van der Waals surface area (Å²) in [5.74, 6) is 0.222. The van der Waals surface area contributed by atoms with Crippen LogP contribution < -0.4 is 0 Å². The number of aromatic nitrogens is 2. The van der Waals surface area contributed by atoms with Gasteiger partial charge in [-0.15, -0.1) is 0 Å². The van der Waals surface area contributed by atoms with E-state index in [1.807, 2.05) is 19.3 Å². The third-order valence-electron chi connectivity index (χ3n) is 4.76. The van der Waals surface area contributed by atoms with E-state index in [0.717, 1.165) is 43.9 Å². The SMILES string of the molecule is CC(=O)N1CCC[C@H]1[C@H]1CCCN1Cc1cnc(C)cn1. The Labute approximate surface area is 126 Å². The highest BCUT2D eigenvalue weighted by Crippen LogP contribution is 2.30. The van der Waals surface area contributed by atoms with E-state index in [4.69, 9.17) is 0 Å². The third kappa shape index (κ3) is 3.07. The monoisotopic (exact) mass is 288 g/mol. The molecule has 114 valence electrons. The van der Waals surface area contributed by atoms with Gasteiger partial charge in [-0.05, 0) is 39.2 Å². The average molecular weight is 288 g/mol. The molecule has 0 bridgehead atoms. The number of likely N-dealkylation sites (tertiary alicyclic amines) is 2. The molecule has 0 aliphatic carbocycles. The third-order valence-corrected chi connectivity index (χ3v) is 4.76. The van der Waals surface area contributed by atoms with Crippen LogP contribution in [0.25, 0.3) is 0 Å². The fourth-order valence-corrected chi connectivity index (χ4v) is 3.78. The number of hydrogen-bond donors (Lipinski definition) is 0. The van der Waals surface area contributed by atoms with Crippen molar-refractivity contribution in [1.82, 2.24) is 19.8 Å². The van der Waals surface area contributed by atoms with Crippen molar-refractivity contribution in [3.05, 3.63) is 23.8 Å². The zero-order valence-corrected chi connectivity index (χ0v) is 13.0. The predicted octanol–water partition coefficient (Wildman–Crippen LogP) is 1.76. The van der Waals surface area contributed by atoms with E-state index < -0.39 is 0 Å². The predicted molar refractivity (Wildman–Crippen MR) is 80.6 cm³/mol. The van der Waals surface area contributed by atoms with Crippen LogP contribution in [-0.4, -0.2) is 50.8 Å². The van der Waals surface area contributed by atoms with Gasteiger partial charge in [0, 0.05) is 44.5 Å². The lowest BCUT2D eigenvalue weighted by Crippen LogP contribution is -2.47. The van der Waals surface area contributed by atoms with Crippen LogP contribution in [-0.2, 0) is 11.3 Å². The molecule has 3 heterocycles. The minimum atomic E-state index is 0.222. The van der Waals surface area contributed by atoms with Gasteiger partial charge in [-0.2, -0.15) is 0 Å². The lowest BCUT2D eigenvalue weighted by molar-refractivity contribution is -0.130. The zero-order valence-electron chi connectivity index (χ0n) is 13.0. The van der Waals surface area contributed by atoms with Crippen molar-refractivity contribution in [1.29, 1.82) is 0 Å². The van der Waals surface area contributed by atoms with E-state index in [2.05, 4.69) is 19.8 Å². The summed E-state index contributed by atoms with van der Waals surface area (Å²) >= 11 is 0. The first-order valence-corrected chi connectivity index (χ1v) is 7.94. The summed E-state index contributed by atoms with van der Waals surface area (Å²) in [6.07, 6.45) is 8.39. The maximum absolute atomic E-state index is 11.8. The Morgan fingerprint density at radius 1 is 1.19 bits per heavy atom. The van der Waals surface area contributed by atoms with Crippen molar-refractivity contribution in [2.24, 2.45) is 0 Å². The largest absolute Gasteiger partial charge is 0.338 e. The van der Waals surface area contributed by atoms with Crippen molar-refractivity contribution < 1.29 is 4.79 Å². The highest BCUT2D eigenvalue weighted by molar-refractivity contribution is 5.74. The number of rotatable bonds is 3. The van der Waals surface area contributed by atoms with Gasteiger partial charge in [-0.3, -0.25) is 19.7 Å². The van der Waals surface area contributed by atoms with E-state index in [-0.39, 0.29) is 5.91 Å². The summed E-state index contributed by atoms with van der Waals surface area (Å²) in [5.41, 5.74) is 1.98. The van der Waals surface area contributed by atoms with Crippen LogP contribution in [0.5, 0.6) is 0 Å². The van der Waals surface area contributed by atoms with Crippen molar-refractivity contribution in [2.45, 2.75) is 58.2 Å². The Balaban J connectivity index is 1.70. The van der Waals surface area contributed by atoms with Gasteiger partial charge in [-0.1, -0.05) is 0 Å². The number of hydrogen-bond acceptors (Lipinski definition) is 4. The molecule has 1 amide bonds. The lowest BCUT2D eigenvalue weighted by Gasteiger charge is -2.34. The second-order valence-corrected chi connectivity index (χ2v) is 6.25. The first-order chi connectivity index (χ1) is 10.1. The lowest BCUT2D eigenvalue weighted by atomic mass is 10.0. The molecule has 0 N–H and O–H groups in total. The Kier molecular flexibility index (Phi) is 4.19. The number of aryl methyl sites for hydroxylation is 1. The molecule has 0 unspecified atom stereocenters. The molecule has 2 aliphatic heterocycles. The second-order valence-electron chi connectivity index (χ2n) is 6.25. The smallest absolute Gasteiger partial charge is 0.219 e. The zero-order chi connectivity index (χ0) is 14.8. The molecule has 0 aromatic carbocycles. The number of carbonyl (C=O) groups is 1. The van der Waals surface area contributed by atoms with E-state index in [1.165, 1.54) is 12.8 Å². The summed E-state index contributed by atoms with van der Waals surface area (Å²) < 4.78 is 0. The molecular weight excluding hydrogens is 264 g/mol. The van der Waals surface area contributed by atoms with Gasteiger partial charge >= 0.3 is 0 Å². The molecule has 5 heteroatoms. The van der Waals surface area contributed by atoms with Crippen molar-refractivity contribution >= 4 is 5.91 Å². The van der Waals surface area contributed by atoms with Crippen molar-refractivity contribution in [2.75, 3.05) is 13.1 Å². The topological polar surface area (TPSA) is 49.3 Å². The molecule has 2 saturated heterocycles. The van der Waals surface area contributed by atoms with Crippen molar-refractivity contribution in [3.8, 4) is 0 Å². The number of nitrogens with zero attached hydrogens (tertiary/aromatic N) is 4. The summed E-state index contributed by atoms with van der Waals surface area (Å²) in [6, 6.07) is 0.878. The summed E-state index contributed by atoms with van der Waals surface area (Å²) in [5, 5.41) is 0. The van der Waals surface area contributed by atoms with Gasteiger partial charge in [0.05, 0.1) is 11.4 Å². The average Bonchev–Trinajstić information content (AvgIpc) is 3.09. The van der Waals surface area contributed by atoms with Gasteiger partial charge in [0.25, 0.3) is 0 Å². The van der Waals surface area contributed by atoms with Gasteiger partial charge in [-0.25, -0.2) is 0 Å². The van der Waals surface area contributed by atoms with Crippen LogP contribution in [0.15, 0.2) is 12.4 Å². The highest BCUT2D eigenvalue weighted by Gasteiger charge is 2.38. The Morgan fingerprint density at radius 2 is 1.95 bits per heavy atom. The molecule has 2 aliphatic rings. The van der Waals surface area contributed by atoms with Crippen LogP contribution in [0.2, 0.25) is 0 Å².